The number of carbonyl (C=O) groups is 2. The number of ether oxygens (including phenoxy) is 1. The van der Waals surface area contributed by atoms with Crippen molar-refractivity contribution < 1.29 is 14.3 Å². The standard InChI is InChI=1S/C31H36N4O3/c36-30(34(22-26-7-2-1-3-8-26)16-6-15-33-17-19-38-20-18-33)21-25-11-13-29(14-12-25)32-31(37)35-23-27-9-4-5-10-28(27)24-35/h1-5,7-14H,6,15-24H2,(H,32,37). The van der Waals surface area contributed by atoms with Gasteiger partial charge < -0.3 is 19.9 Å². The Labute approximate surface area is 225 Å². The summed E-state index contributed by atoms with van der Waals surface area (Å²) in [7, 11) is 0. The van der Waals surface area contributed by atoms with Crippen LogP contribution < -0.4 is 5.32 Å². The molecule has 3 amide bonds. The zero-order chi connectivity index (χ0) is 26.2. The minimum absolute atomic E-state index is 0.112. The van der Waals surface area contributed by atoms with Crippen molar-refractivity contribution >= 4 is 17.6 Å². The molecule has 0 aliphatic carbocycles. The molecule has 2 aliphatic rings. The highest BCUT2D eigenvalue weighted by Crippen LogP contribution is 2.23. The Bertz CT molecular complexity index is 1180. The Morgan fingerprint density at radius 3 is 2.16 bits per heavy atom. The van der Waals surface area contributed by atoms with Gasteiger partial charge in [0, 0.05) is 51.5 Å². The molecule has 0 spiro atoms. The molecule has 7 nitrogen and oxygen atoms in total. The van der Waals surface area contributed by atoms with Gasteiger partial charge in [-0.3, -0.25) is 9.69 Å². The van der Waals surface area contributed by atoms with Gasteiger partial charge in [-0.2, -0.15) is 0 Å². The first-order valence-corrected chi connectivity index (χ1v) is 13.5. The molecule has 0 unspecified atom stereocenters. The van der Waals surface area contributed by atoms with Crippen molar-refractivity contribution in [2.45, 2.75) is 32.5 Å². The van der Waals surface area contributed by atoms with Gasteiger partial charge in [0.15, 0.2) is 0 Å². The number of urea groups is 1. The second-order valence-electron chi connectivity index (χ2n) is 10.0. The largest absolute Gasteiger partial charge is 0.379 e. The van der Waals surface area contributed by atoms with Gasteiger partial charge in [0.2, 0.25) is 5.91 Å². The molecular weight excluding hydrogens is 476 g/mol. The molecule has 7 heteroatoms. The van der Waals surface area contributed by atoms with E-state index in [1.807, 2.05) is 59.5 Å². The molecule has 1 fully saturated rings. The second kappa shape index (κ2) is 12.7. The summed E-state index contributed by atoms with van der Waals surface area (Å²) >= 11 is 0. The molecule has 1 N–H and O–H groups in total. The van der Waals surface area contributed by atoms with Crippen LogP contribution in [0.3, 0.4) is 0 Å². The minimum Gasteiger partial charge on any atom is -0.379 e. The molecule has 2 heterocycles. The molecule has 5 rings (SSSR count). The fraction of sp³-hybridized carbons (Fsp3) is 0.355. The van der Waals surface area contributed by atoms with Gasteiger partial charge in [0.25, 0.3) is 0 Å². The summed E-state index contributed by atoms with van der Waals surface area (Å²) in [5.41, 5.74) is 5.19. The number of anilines is 1. The predicted molar refractivity (Wildman–Crippen MR) is 149 cm³/mol. The van der Waals surface area contributed by atoms with Crippen molar-refractivity contribution in [1.82, 2.24) is 14.7 Å². The maximum absolute atomic E-state index is 13.4. The molecule has 38 heavy (non-hydrogen) atoms. The van der Waals surface area contributed by atoms with Crippen molar-refractivity contribution in [1.29, 1.82) is 0 Å². The molecule has 0 radical (unpaired) electrons. The smallest absolute Gasteiger partial charge is 0.322 e. The third kappa shape index (κ3) is 7.00. The van der Waals surface area contributed by atoms with Crippen LogP contribution in [0.2, 0.25) is 0 Å². The van der Waals surface area contributed by atoms with Gasteiger partial charge in [-0.25, -0.2) is 4.79 Å². The quantitative estimate of drug-likeness (QED) is 0.458. The molecule has 0 bridgehead atoms. The van der Waals surface area contributed by atoms with Gasteiger partial charge in [-0.1, -0.05) is 66.7 Å². The van der Waals surface area contributed by atoms with Crippen LogP contribution in [0.5, 0.6) is 0 Å². The summed E-state index contributed by atoms with van der Waals surface area (Å²) in [4.78, 5) is 32.3. The van der Waals surface area contributed by atoms with E-state index in [2.05, 4.69) is 34.5 Å². The first-order chi connectivity index (χ1) is 18.6. The summed E-state index contributed by atoms with van der Waals surface area (Å²) in [6, 6.07) is 25.8. The number of fused-ring (bicyclic) bond motifs is 1. The van der Waals surface area contributed by atoms with E-state index in [1.165, 1.54) is 11.1 Å². The molecule has 0 atom stereocenters. The van der Waals surface area contributed by atoms with Gasteiger partial charge >= 0.3 is 6.03 Å². The topological polar surface area (TPSA) is 65.1 Å². The number of nitrogens with zero attached hydrogens (tertiary/aromatic N) is 3. The molecule has 2 aliphatic heterocycles. The van der Waals surface area contributed by atoms with Gasteiger partial charge in [0.05, 0.1) is 19.6 Å². The first kappa shape index (κ1) is 25.9. The monoisotopic (exact) mass is 512 g/mol. The molecule has 0 aromatic heterocycles. The minimum atomic E-state index is -0.112. The summed E-state index contributed by atoms with van der Waals surface area (Å²) in [6.45, 7) is 7.03. The number of hydrogen-bond acceptors (Lipinski definition) is 4. The molecular formula is C31H36N4O3. The van der Waals surface area contributed by atoms with Gasteiger partial charge in [0.1, 0.15) is 0 Å². The Morgan fingerprint density at radius 2 is 1.47 bits per heavy atom. The average molecular weight is 513 g/mol. The number of benzene rings is 3. The summed E-state index contributed by atoms with van der Waals surface area (Å²) in [5.74, 6) is 0.113. The van der Waals surface area contributed by atoms with E-state index >= 15 is 0 Å². The van der Waals surface area contributed by atoms with E-state index in [1.54, 1.807) is 4.90 Å². The van der Waals surface area contributed by atoms with Crippen molar-refractivity contribution in [3.63, 3.8) is 0 Å². The van der Waals surface area contributed by atoms with E-state index in [-0.39, 0.29) is 11.9 Å². The van der Waals surface area contributed by atoms with Crippen molar-refractivity contribution in [3.8, 4) is 0 Å². The zero-order valence-electron chi connectivity index (χ0n) is 21.9. The van der Waals surface area contributed by atoms with Crippen LogP contribution in [-0.4, -0.2) is 66.0 Å². The van der Waals surface area contributed by atoms with E-state index in [0.29, 0.717) is 26.1 Å². The Hall–Kier alpha value is -3.68. The zero-order valence-corrected chi connectivity index (χ0v) is 21.9. The first-order valence-electron chi connectivity index (χ1n) is 13.5. The van der Waals surface area contributed by atoms with Gasteiger partial charge in [-0.15, -0.1) is 0 Å². The fourth-order valence-corrected chi connectivity index (χ4v) is 5.08. The van der Waals surface area contributed by atoms with Crippen molar-refractivity contribution in [2.75, 3.05) is 44.7 Å². The number of morpholine rings is 1. The lowest BCUT2D eigenvalue weighted by molar-refractivity contribution is -0.131. The SMILES string of the molecule is O=C(Cc1ccc(NC(=O)N2Cc3ccccc3C2)cc1)N(CCCN1CCOCC1)Cc1ccccc1. The number of rotatable bonds is 9. The van der Waals surface area contributed by atoms with E-state index in [9.17, 15) is 9.59 Å². The highest BCUT2D eigenvalue weighted by atomic mass is 16.5. The van der Waals surface area contributed by atoms with Crippen LogP contribution in [0, 0.1) is 0 Å². The van der Waals surface area contributed by atoms with E-state index < -0.39 is 0 Å². The average Bonchev–Trinajstić information content (AvgIpc) is 3.39. The summed E-state index contributed by atoms with van der Waals surface area (Å²) in [6.07, 6.45) is 1.27. The van der Waals surface area contributed by atoms with Crippen molar-refractivity contribution in [3.05, 3.63) is 101 Å². The maximum atomic E-state index is 13.4. The molecule has 0 saturated carbocycles. The highest BCUT2D eigenvalue weighted by molar-refractivity contribution is 5.89. The normalized spacial score (nSPS) is 15.2. The maximum Gasteiger partial charge on any atom is 0.322 e. The van der Waals surface area contributed by atoms with Gasteiger partial charge in [-0.05, 0) is 40.8 Å². The van der Waals surface area contributed by atoms with E-state index in [4.69, 9.17) is 4.74 Å². The molecule has 198 valence electrons. The molecule has 3 aromatic carbocycles. The highest BCUT2D eigenvalue weighted by Gasteiger charge is 2.23. The number of amides is 3. The fourth-order valence-electron chi connectivity index (χ4n) is 5.08. The number of hydrogen-bond donors (Lipinski definition) is 1. The third-order valence-electron chi connectivity index (χ3n) is 7.26. The number of carbonyl (C=O) groups excluding carboxylic acids is 2. The van der Waals surface area contributed by atoms with E-state index in [0.717, 1.165) is 62.6 Å². The van der Waals surface area contributed by atoms with Crippen LogP contribution in [0.4, 0.5) is 10.5 Å². The summed E-state index contributed by atoms with van der Waals surface area (Å²) < 4.78 is 5.45. The van der Waals surface area contributed by atoms with Crippen LogP contribution in [0.1, 0.15) is 28.7 Å². The van der Waals surface area contributed by atoms with Crippen molar-refractivity contribution in [2.24, 2.45) is 0 Å². The number of nitrogens with one attached hydrogen (secondary N) is 1. The van der Waals surface area contributed by atoms with Crippen LogP contribution in [0.25, 0.3) is 0 Å². The van der Waals surface area contributed by atoms with Crippen LogP contribution >= 0.6 is 0 Å². The third-order valence-corrected chi connectivity index (χ3v) is 7.26. The lowest BCUT2D eigenvalue weighted by atomic mass is 10.1. The van der Waals surface area contributed by atoms with Crippen LogP contribution in [-0.2, 0) is 35.6 Å². The predicted octanol–water partition coefficient (Wildman–Crippen LogP) is 4.53. The molecule has 1 saturated heterocycles. The molecule has 3 aromatic rings. The van der Waals surface area contributed by atoms with Crippen LogP contribution in [0.15, 0.2) is 78.9 Å². The Kier molecular flexibility index (Phi) is 8.68. The lowest BCUT2D eigenvalue weighted by Crippen LogP contribution is -2.39. The Morgan fingerprint density at radius 1 is 0.816 bits per heavy atom. The lowest BCUT2D eigenvalue weighted by Gasteiger charge is -2.28. The Balaban J connectivity index is 1.15. The summed E-state index contributed by atoms with van der Waals surface area (Å²) in [5, 5.41) is 2.99. The second-order valence-corrected chi connectivity index (χ2v) is 10.0.